The number of hydrogen-bond acceptors (Lipinski definition) is 7. The zero-order valence-electron chi connectivity index (χ0n) is 14.9. The maximum Gasteiger partial charge on any atom is 0.258 e. The van der Waals surface area contributed by atoms with Crippen molar-refractivity contribution in [1.29, 1.82) is 0 Å². The van der Waals surface area contributed by atoms with Gasteiger partial charge in [0, 0.05) is 6.42 Å². The Morgan fingerprint density at radius 2 is 2.00 bits per heavy atom. The van der Waals surface area contributed by atoms with Crippen molar-refractivity contribution >= 4 is 29.3 Å². The lowest BCUT2D eigenvalue weighted by molar-refractivity contribution is -0.121. The van der Waals surface area contributed by atoms with Crippen molar-refractivity contribution in [2.45, 2.75) is 36.6 Å². The van der Waals surface area contributed by atoms with E-state index in [1.165, 1.54) is 7.11 Å². The molecule has 0 aliphatic carbocycles. The summed E-state index contributed by atoms with van der Waals surface area (Å²) in [6, 6.07) is 6.60. The van der Waals surface area contributed by atoms with Crippen LogP contribution >= 0.6 is 11.8 Å². The summed E-state index contributed by atoms with van der Waals surface area (Å²) in [5.41, 5.74) is 0.239. The van der Waals surface area contributed by atoms with Gasteiger partial charge in [-0.25, -0.2) is 4.90 Å². The van der Waals surface area contributed by atoms with Crippen LogP contribution in [0.3, 0.4) is 0 Å². The van der Waals surface area contributed by atoms with Gasteiger partial charge in [0.25, 0.3) is 5.56 Å². The number of anilines is 1. The molecule has 8 nitrogen and oxygen atoms in total. The van der Waals surface area contributed by atoms with Gasteiger partial charge < -0.3 is 14.8 Å². The molecule has 2 aromatic rings. The minimum atomic E-state index is -0.723. The van der Waals surface area contributed by atoms with Crippen molar-refractivity contribution in [3.8, 4) is 11.6 Å². The minimum Gasteiger partial charge on any atom is -0.497 e. The summed E-state index contributed by atoms with van der Waals surface area (Å²) >= 11 is 0.961. The SMILES string of the molecule is CCCc1c(O)nc(S[C@@H]2CC(=O)N(c3ccc(OC)cc3)C2=O)[nH]c1=O. The highest BCUT2D eigenvalue weighted by Crippen LogP contribution is 2.33. The van der Waals surface area contributed by atoms with Crippen molar-refractivity contribution in [1.82, 2.24) is 9.97 Å². The fourth-order valence-corrected chi connectivity index (χ4v) is 3.82. The Morgan fingerprint density at radius 1 is 1.30 bits per heavy atom. The van der Waals surface area contributed by atoms with E-state index in [9.17, 15) is 19.5 Å². The van der Waals surface area contributed by atoms with Gasteiger partial charge >= 0.3 is 0 Å². The van der Waals surface area contributed by atoms with Gasteiger partial charge in [-0.05, 0) is 30.7 Å². The average Bonchev–Trinajstić information content (AvgIpc) is 2.92. The normalized spacial score (nSPS) is 16.8. The molecule has 1 atom stereocenters. The Morgan fingerprint density at radius 3 is 2.59 bits per heavy atom. The number of nitrogens with zero attached hydrogens (tertiary/aromatic N) is 2. The van der Waals surface area contributed by atoms with E-state index in [1.54, 1.807) is 24.3 Å². The molecule has 1 aliphatic rings. The quantitative estimate of drug-likeness (QED) is 0.573. The lowest BCUT2D eigenvalue weighted by Crippen LogP contribution is -2.31. The second-order valence-electron chi connectivity index (χ2n) is 6.00. The predicted molar refractivity (Wildman–Crippen MR) is 100 cm³/mol. The maximum atomic E-state index is 12.7. The first-order chi connectivity index (χ1) is 12.9. The zero-order chi connectivity index (χ0) is 19.6. The molecule has 0 radical (unpaired) electrons. The van der Waals surface area contributed by atoms with Crippen LogP contribution in [0, 0.1) is 0 Å². The number of H-pyrrole nitrogens is 1. The number of aromatic nitrogens is 2. The standard InChI is InChI=1S/C18H19N3O5S/c1-3-4-12-15(23)19-18(20-16(12)24)27-13-9-14(22)21(17(13)25)10-5-7-11(26-2)8-6-10/h5-8,13H,3-4,9H2,1-2H3,(H2,19,20,23,24)/t13-/m1/s1. The smallest absolute Gasteiger partial charge is 0.258 e. The van der Waals surface area contributed by atoms with E-state index in [-0.39, 0.29) is 28.9 Å². The number of amides is 2. The van der Waals surface area contributed by atoms with Gasteiger partial charge in [-0.2, -0.15) is 4.98 Å². The first kappa shape index (κ1) is 19.0. The van der Waals surface area contributed by atoms with Crippen LogP contribution in [0.1, 0.15) is 25.3 Å². The molecule has 2 N–H and O–H groups in total. The summed E-state index contributed by atoms with van der Waals surface area (Å²) in [6.07, 6.45) is 1.08. The fourth-order valence-electron chi connectivity index (χ4n) is 2.83. The molecule has 1 aromatic carbocycles. The van der Waals surface area contributed by atoms with E-state index in [1.807, 2.05) is 6.92 Å². The molecule has 27 heavy (non-hydrogen) atoms. The molecule has 142 valence electrons. The maximum absolute atomic E-state index is 12.7. The van der Waals surface area contributed by atoms with Crippen LogP contribution in [-0.4, -0.2) is 39.2 Å². The number of thioether (sulfide) groups is 1. The molecule has 1 saturated heterocycles. The van der Waals surface area contributed by atoms with Gasteiger partial charge in [-0.15, -0.1) is 0 Å². The Kier molecular flexibility index (Phi) is 5.50. The monoisotopic (exact) mass is 389 g/mol. The Hall–Kier alpha value is -2.81. The number of carbonyl (C=O) groups excluding carboxylic acids is 2. The van der Waals surface area contributed by atoms with Crippen LogP contribution in [-0.2, 0) is 16.0 Å². The van der Waals surface area contributed by atoms with Crippen LogP contribution in [0.25, 0.3) is 0 Å². The Labute approximate surface area is 159 Å². The number of aromatic amines is 1. The number of ether oxygens (including phenoxy) is 1. The molecule has 1 fully saturated rings. The first-order valence-corrected chi connectivity index (χ1v) is 9.32. The molecule has 1 aliphatic heterocycles. The number of benzene rings is 1. The minimum absolute atomic E-state index is 0.0171. The third-order valence-electron chi connectivity index (χ3n) is 4.16. The second-order valence-corrected chi connectivity index (χ2v) is 7.19. The Balaban J connectivity index is 1.80. The third-order valence-corrected chi connectivity index (χ3v) is 5.23. The third kappa shape index (κ3) is 3.82. The summed E-state index contributed by atoms with van der Waals surface area (Å²) in [5, 5.41) is 9.34. The van der Waals surface area contributed by atoms with Crippen molar-refractivity contribution in [3.63, 3.8) is 0 Å². The number of rotatable bonds is 6. The van der Waals surface area contributed by atoms with Crippen LogP contribution in [0.4, 0.5) is 5.69 Å². The van der Waals surface area contributed by atoms with E-state index in [2.05, 4.69) is 9.97 Å². The molecule has 0 bridgehead atoms. The largest absolute Gasteiger partial charge is 0.497 e. The van der Waals surface area contributed by atoms with Gasteiger partial charge in [0.15, 0.2) is 5.16 Å². The molecular weight excluding hydrogens is 370 g/mol. The summed E-state index contributed by atoms with van der Waals surface area (Å²) in [7, 11) is 1.53. The van der Waals surface area contributed by atoms with Crippen LogP contribution < -0.4 is 15.2 Å². The topological polar surface area (TPSA) is 113 Å². The van der Waals surface area contributed by atoms with Gasteiger partial charge in [-0.3, -0.25) is 14.4 Å². The zero-order valence-corrected chi connectivity index (χ0v) is 15.7. The van der Waals surface area contributed by atoms with E-state index in [0.717, 1.165) is 16.7 Å². The molecule has 9 heteroatoms. The van der Waals surface area contributed by atoms with Crippen molar-refractivity contribution in [2.24, 2.45) is 0 Å². The van der Waals surface area contributed by atoms with Crippen molar-refractivity contribution in [3.05, 3.63) is 40.2 Å². The molecule has 0 spiro atoms. The molecule has 2 amide bonds. The number of nitrogens with one attached hydrogen (secondary N) is 1. The van der Waals surface area contributed by atoms with Crippen LogP contribution in [0.5, 0.6) is 11.6 Å². The van der Waals surface area contributed by atoms with E-state index in [0.29, 0.717) is 24.3 Å². The summed E-state index contributed by atoms with van der Waals surface area (Å²) < 4.78 is 5.08. The number of carbonyl (C=O) groups is 2. The van der Waals surface area contributed by atoms with E-state index >= 15 is 0 Å². The summed E-state index contributed by atoms with van der Waals surface area (Å²) in [4.78, 5) is 44.7. The summed E-state index contributed by atoms with van der Waals surface area (Å²) in [6.45, 7) is 1.89. The highest BCUT2D eigenvalue weighted by molar-refractivity contribution is 8.00. The number of imide groups is 1. The van der Waals surface area contributed by atoms with E-state index < -0.39 is 16.7 Å². The van der Waals surface area contributed by atoms with Crippen molar-refractivity contribution in [2.75, 3.05) is 12.0 Å². The second kappa shape index (κ2) is 7.83. The molecule has 2 heterocycles. The fraction of sp³-hybridized carbons (Fsp3) is 0.333. The lowest BCUT2D eigenvalue weighted by Gasteiger charge is -2.15. The summed E-state index contributed by atoms with van der Waals surface area (Å²) in [5.74, 6) is -0.452. The number of hydrogen-bond donors (Lipinski definition) is 2. The van der Waals surface area contributed by atoms with Crippen molar-refractivity contribution < 1.29 is 19.4 Å². The van der Waals surface area contributed by atoms with Gasteiger partial charge in [0.2, 0.25) is 17.7 Å². The number of methoxy groups -OCH3 is 1. The molecule has 3 rings (SSSR count). The number of aromatic hydroxyl groups is 1. The molecular formula is C18H19N3O5S. The Bertz CT molecular complexity index is 926. The first-order valence-electron chi connectivity index (χ1n) is 8.44. The molecule has 0 unspecified atom stereocenters. The van der Waals surface area contributed by atoms with Gasteiger partial charge in [0.1, 0.15) is 11.0 Å². The highest BCUT2D eigenvalue weighted by atomic mass is 32.2. The van der Waals surface area contributed by atoms with Gasteiger partial charge in [-0.1, -0.05) is 25.1 Å². The predicted octanol–water partition coefficient (Wildman–Crippen LogP) is 1.86. The van der Waals surface area contributed by atoms with Crippen LogP contribution in [0.2, 0.25) is 0 Å². The molecule has 0 saturated carbocycles. The lowest BCUT2D eigenvalue weighted by atomic mass is 10.2. The highest BCUT2D eigenvalue weighted by Gasteiger charge is 2.40. The van der Waals surface area contributed by atoms with Gasteiger partial charge in [0.05, 0.1) is 18.4 Å². The van der Waals surface area contributed by atoms with Crippen LogP contribution in [0.15, 0.2) is 34.2 Å². The molecule has 1 aromatic heterocycles. The average molecular weight is 389 g/mol. The van der Waals surface area contributed by atoms with E-state index in [4.69, 9.17) is 4.74 Å².